The van der Waals surface area contributed by atoms with E-state index >= 15 is 0 Å². The highest BCUT2D eigenvalue weighted by molar-refractivity contribution is 5.82. The van der Waals surface area contributed by atoms with Crippen LogP contribution in [0, 0.1) is 16.0 Å². The first kappa shape index (κ1) is 17.1. The third kappa shape index (κ3) is 5.57. The SMILES string of the molecule is CC(=O)CC(COC(=O)Oc1ccc([N+](=O)[O-])cc1)C(=O)O. The van der Waals surface area contributed by atoms with Gasteiger partial charge in [-0.15, -0.1) is 0 Å². The molecule has 1 unspecified atom stereocenters. The van der Waals surface area contributed by atoms with Gasteiger partial charge in [-0.2, -0.15) is 0 Å². The summed E-state index contributed by atoms with van der Waals surface area (Å²) in [7, 11) is 0. The van der Waals surface area contributed by atoms with Gasteiger partial charge in [0.1, 0.15) is 18.1 Å². The van der Waals surface area contributed by atoms with Gasteiger partial charge in [0.05, 0.1) is 10.8 Å². The second-order valence-corrected chi connectivity index (χ2v) is 4.36. The summed E-state index contributed by atoms with van der Waals surface area (Å²) >= 11 is 0. The Balaban J connectivity index is 2.53. The molecule has 0 heterocycles. The van der Waals surface area contributed by atoms with Crippen molar-refractivity contribution in [2.45, 2.75) is 13.3 Å². The van der Waals surface area contributed by atoms with E-state index in [4.69, 9.17) is 9.84 Å². The summed E-state index contributed by atoms with van der Waals surface area (Å²) in [5.41, 5.74) is -0.173. The number of carbonyl (C=O) groups excluding carboxylic acids is 2. The standard InChI is InChI=1S/C13H13NO8/c1-8(15)6-9(12(16)17)7-21-13(18)22-11-4-2-10(3-5-11)14(19)20/h2-5,9H,6-7H2,1H3,(H,16,17). The molecule has 9 heteroatoms. The lowest BCUT2D eigenvalue weighted by Gasteiger charge is -2.11. The minimum atomic E-state index is -1.27. The van der Waals surface area contributed by atoms with Gasteiger partial charge in [0, 0.05) is 18.6 Å². The number of nitrogens with zero attached hydrogens (tertiary/aromatic N) is 1. The van der Waals surface area contributed by atoms with Crippen molar-refractivity contribution in [3.63, 3.8) is 0 Å². The van der Waals surface area contributed by atoms with Crippen molar-refractivity contribution in [2.24, 2.45) is 5.92 Å². The number of Topliss-reactive ketones (excluding diaryl/α,β-unsaturated/α-hetero) is 1. The summed E-state index contributed by atoms with van der Waals surface area (Å²) in [6.07, 6.45) is -1.43. The number of nitro groups is 1. The predicted molar refractivity (Wildman–Crippen MR) is 71.5 cm³/mol. The van der Waals surface area contributed by atoms with Crippen molar-refractivity contribution in [2.75, 3.05) is 6.61 Å². The number of carboxylic acids is 1. The Kier molecular flexibility index (Phi) is 5.99. The Hall–Kier alpha value is -2.97. The van der Waals surface area contributed by atoms with Crippen molar-refractivity contribution in [1.82, 2.24) is 0 Å². The van der Waals surface area contributed by atoms with Gasteiger partial charge >= 0.3 is 12.1 Å². The van der Waals surface area contributed by atoms with E-state index < -0.39 is 29.6 Å². The van der Waals surface area contributed by atoms with Crippen LogP contribution in [0.1, 0.15) is 13.3 Å². The fraction of sp³-hybridized carbons (Fsp3) is 0.308. The van der Waals surface area contributed by atoms with Crippen molar-refractivity contribution < 1.29 is 33.9 Å². The first-order chi connectivity index (χ1) is 10.3. The number of nitro benzene ring substituents is 1. The maximum absolute atomic E-state index is 11.4. The fourth-order valence-electron chi connectivity index (χ4n) is 1.49. The van der Waals surface area contributed by atoms with Crippen LogP contribution in [-0.2, 0) is 14.3 Å². The van der Waals surface area contributed by atoms with Crippen LogP contribution in [0.5, 0.6) is 5.75 Å². The molecule has 1 aromatic rings. The van der Waals surface area contributed by atoms with Crippen LogP contribution in [0.4, 0.5) is 10.5 Å². The molecule has 22 heavy (non-hydrogen) atoms. The number of ether oxygens (including phenoxy) is 2. The highest BCUT2D eigenvalue weighted by Crippen LogP contribution is 2.18. The van der Waals surface area contributed by atoms with Gasteiger partial charge in [0.25, 0.3) is 5.69 Å². The third-order valence-corrected chi connectivity index (χ3v) is 2.53. The zero-order valence-electron chi connectivity index (χ0n) is 11.6. The number of aliphatic carboxylic acids is 1. The van der Waals surface area contributed by atoms with Gasteiger partial charge in [-0.1, -0.05) is 0 Å². The quantitative estimate of drug-likeness (QED) is 0.348. The number of hydrogen-bond acceptors (Lipinski definition) is 7. The minimum absolute atomic E-state index is 0.00837. The topological polar surface area (TPSA) is 133 Å². The van der Waals surface area contributed by atoms with E-state index in [-0.39, 0.29) is 23.6 Å². The van der Waals surface area contributed by atoms with E-state index in [0.717, 1.165) is 12.1 Å². The molecule has 0 bridgehead atoms. The van der Waals surface area contributed by atoms with Crippen LogP contribution in [0.25, 0.3) is 0 Å². The molecule has 0 aliphatic heterocycles. The molecule has 1 aromatic carbocycles. The normalized spacial score (nSPS) is 11.3. The largest absolute Gasteiger partial charge is 0.513 e. The maximum atomic E-state index is 11.4. The molecular formula is C13H13NO8. The van der Waals surface area contributed by atoms with E-state index in [1.807, 2.05) is 0 Å². The fourth-order valence-corrected chi connectivity index (χ4v) is 1.49. The van der Waals surface area contributed by atoms with Gasteiger partial charge in [-0.05, 0) is 19.1 Å². The molecule has 0 amide bonds. The monoisotopic (exact) mass is 311 g/mol. The van der Waals surface area contributed by atoms with Gasteiger partial charge < -0.3 is 14.6 Å². The Morgan fingerprint density at radius 3 is 2.32 bits per heavy atom. The highest BCUT2D eigenvalue weighted by Gasteiger charge is 2.22. The molecule has 1 atom stereocenters. The molecule has 0 saturated heterocycles. The molecule has 1 rings (SSSR count). The van der Waals surface area contributed by atoms with Crippen LogP contribution in [-0.4, -0.2) is 34.5 Å². The lowest BCUT2D eigenvalue weighted by atomic mass is 10.1. The average molecular weight is 311 g/mol. The number of hydrogen-bond donors (Lipinski definition) is 1. The molecule has 0 aliphatic carbocycles. The lowest BCUT2D eigenvalue weighted by molar-refractivity contribution is -0.384. The molecule has 0 fully saturated rings. The number of rotatable bonds is 7. The molecule has 0 radical (unpaired) electrons. The van der Waals surface area contributed by atoms with Crippen LogP contribution in [0.3, 0.4) is 0 Å². The van der Waals surface area contributed by atoms with E-state index in [1.54, 1.807) is 0 Å². The molecule has 0 aliphatic rings. The van der Waals surface area contributed by atoms with E-state index in [2.05, 4.69) is 4.74 Å². The smallest absolute Gasteiger partial charge is 0.481 e. The van der Waals surface area contributed by atoms with E-state index in [1.165, 1.54) is 19.1 Å². The maximum Gasteiger partial charge on any atom is 0.513 e. The summed E-state index contributed by atoms with van der Waals surface area (Å²) in [6, 6.07) is 4.67. The Bertz CT molecular complexity index is 580. The zero-order valence-corrected chi connectivity index (χ0v) is 11.6. The summed E-state index contributed by atoms with van der Waals surface area (Å²) in [4.78, 5) is 43.0. The van der Waals surface area contributed by atoms with Crippen LogP contribution in [0.15, 0.2) is 24.3 Å². The van der Waals surface area contributed by atoms with Crippen LogP contribution >= 0.6 is 0 Å². The Labute approximate surface area is 124 Å². The molecule has 0 spiro atoms. The number of carbonyl (C=O) groups is 3. The van der Waals surface area contributed by atoms with Crippen LogP contribution < -0.4 is 4.74 Å². The molecule has 118 valence electrons. The van der Waals surface area contributed by atoms with E-state index in [9.17, 15) is 24.5 Å². The van der Waals surface area contributed by atoms with Crippen molar-refractivity contribution >= 4 is 23.6 Å². The van der Waals surface area contributed by atoms with Crippen molar-refractivity contribution in [3.05, 3.63) is 34.4 Å². The number of benzene rings is 1. The van der Waals surface area contributed by atoms with Gasteiger partial charge in [0.15, 0.2) is 0 Å². The summed E-state index contributed by atoms with van der Waals surface area (Å²) in [5.74, 6) is -2.76. The average Bonchev–Trinajstić information content (AvgIpc) is 2.43. The van der Waals surface area contributed by atoms with Crippen molar-refractivity contribution in [3.8, 4) is 5.75 Å². The number of carboxylic acid groups (broad SMARTS) is 1. The molecule has 0 aromatic heterocycles. The molecule has 0 saturated carbocycles. The van der Waals surface area contributed by atoms with Gasteiger partial charge in [-0.3, -0.25) is 19.7 Å². The summed E-state index contributed by atoms with van der Waals surface area (Å²) in [6.45, 7) is 0.714. The third-order valence-electron chi connectivity index (χ3n) is 2.53. The van der Waals surface area contributed by atoms with Crippen molar-refractivity contribution in [1.29, 1.82) is 0 Å². The van der Waals surface area contributed by atoms with Crippen LogP contribution in [0.2, 0.25) is 0 Å². The van der Waals surface area contributed by atoms with Gasteiger partial charge in [0.2, 0.25) is 0 Å². The lowest BCUT2D eigenvalue weighted by Crippen LogP contribution is -2.25. The molecule has 1 N–H and O–H groups in total. The van der Waals surface area contributed by atoms with Gasteiger partial charge in [-0.25, -0.2) is 4.79 Å². The van der Waals surface area contributed by atoms with E-state index in [0.29, 0.717) is 0 Å². The Morgan fingerprint density at radius 1 is 1.27 bits per heavy atom. The second kappa shape index (κ2) is 7.72. The molecular weight excluding hydrogens is 298 g/mol. The highest BCUT2D eigenvalue weighted by atomic mass is 16.7. The number of non-ortho nitro benzene ring substituents is 1. The number of ketones is 1. The second-order valence-electron chi connectivity index (χ2n) is 4.36. The zero-order chi connectivity index (χ0) is 16.7. The summed E-state index contributed by atoms with van der Waals surface area (Å²) < 4.78 is 9.34. The molecule has 9 nitrogen and oxygen atoms in total. The first-order valence-electron chi connectivity index (χ1n) is 6.11. The summed E-state index contributed by atoms with van der Waals surface area (Å²) in [5, 5.41) is 19.3. The Morgan fingerprint density at radius 2 is 1.86 bits per heavy atom. The minimum Gasteiger partial charge on any atom is -0.481 e. The first-order valence-corrected chi connectivity index (χ1v) is 6.11. The predicted octanol–water partition coefficient (Wildman–Crippen LogP) is 1.79.